The first-order valence-corrected chi connectivity index (χ1v) is 53.4. The molecule has 0 aromatic heterocycles. The molecule has 0 spiro atoms. The molecule has 0 radical (unpaired) electrons. The van der Waals surface area contributed by atoms with Crippen LogP contribution < -0.4 is 0 Å². The summed E-state index contributed by atoms with van der Waals surface area (Å²) >= 11 is 17.3. The zero-order valence-corrected chi connectivity index (χ0v) is 101. The molecule has 2 aliphatic carbocycles. The van der Waals surface area contributed by atoms with Gasteiger partial charge in [-0.1, -0.05) is 534 Å². The molecule has 142 heavy (non-hydrogen) atoms. The van der Waals surface area contributed by atoms with Crippen molar-refractivity contribution < 1.29 is 49.4 Å². The van der Waals surface area contributed by atoms with Crippen LogP contribution in [0.4, 0.5) is 35.1 Å². The van der Waals surface area contributed by atoms with E-state index in [1.807, 2.05) is 87.4 Å². The Morgan fingerprint density at radius 3 is 1.03 bits per heavy atom. The molecule has 2 aliphatic rings. The molecule has 2 fully saturated rings. The molecule has 3 nitrogen and oxygen atoms in total. The highest BCUT2D eigenvalue weighted by Crippen LogP contribution is 2.58. The minimum atomic E-state index is -4.23. The van der Waals surface area contributed by atoms with E-state index in [2.05, 4.69) is 345 Å². The van der Waals surface area contributed by atoms with E-state index in [1.165, 1.54) is 124 Å². The van der Waals surface area contributed by atoms with Crippen LogP contribution in [0.15, 0.2) is 140 Å². The van der Waals surface area contributed by atoms with Gasteiger partial charge in [0.25, 0.3) is 0 Å². The van der Waals surface area contributed by atoms with Gasteiger partial charge in [-0.3, -0.25) is 4.39 Å². The SMILES string of the molecule is C.C.C.C#CC(C)C.C=CCC(C)C.CC(C)(C)c1ccccc1.CC(C)C(C)(C)C(Cl)(Cl)Cl.CC(C)C(C)C.CC(C)C1CC(F)(F)C1(F)F.CC(C)C1CCCC1.CC(C)CC(C)(C)C.CC(C)CC(C)C.CC(C)CCF.CC(C)c1cccc(C(F)(F)F)c1.CCCC(C)(C)C.COC(=O)c1ccc(C(C)(C)C)cc1.COCCC(C)C.Cc1ccc(C(C)(C)C)cc1.Cc1cccc(C(C)C)c1. The van der Waals surface area contributed by atoms with Crippen molar-refractivity contribution in [1.82, 2.24) is 0 Å². The van der Waals surface area contributed by atoms with Gasteiger partial charge in [-0.15, -0.1) is 18.9 Å². The number of alkyl halides is 11. The molecular formula is C128H231Cl3F8O3. The zero-order chi connectivity index (χ0) is 112. The topological polar surface area (TPSA) is 35.5 Å². The third-order valence-corrected chi connectivity index (χ3v) is 24.4. The average molecular weight is 2080 g/mol. The second-order valence-corrected chi connectivity index (χ2v) is 51.0. The number of hydrogen-bond acceptors (Lipinski definition) is 3. The Morgan fingerprint density at radius 1 is 0.486 bits per heavy atom. The molecule has 14 heteroatoms. The fourth-order valence-corrected chi connectivity index (χ4v) is 13.1. The summed E-state index contributed by atoms with van der Waals surface area (Å²) in [6.45, 7) is 108. The first-order valence-electron chi connectivity index (χ1n) is 52.3. The number of rotatable bonds is 18. The normalized spacial score (nSPS) is 13.5. The van der Waals surface area contributed by atoms with Gasteiger partial charge in [0, 0.05) is 37.4 Å². The molecule has 0 aliphatic heterocycles. The maximum absolute atomic E-state index is 12.5. The number of carbonyl (C=O) groups is 1. The second kappa shape index (κ2) is 83.9. The van der Waals surface area contributed by atoms with E-state index in [0.29, 0.717) is 51.9 Å². The van der Waals surface area contributed by atoms with Crippen LogP contribution in [-0.4, -0.2) is 49.1 Å². The van der Waals surface area contributed by atoms with Crippen molar-refractivity contribution in [2.45, 2.75) is 482 Å². The molecule has 5 aromatic rings. The molecule has 0 amide bonds. The minimum Gasteiger partial charge on any atom is -0.465 e. The summed E-state index contributed by atoms with van der Waals surface area (Å²) in [7, 11) is 3.13. The van der Waals surface area contributed by atoms with Crippen LogP contribution in [0.25, 0.3) is 0 Å². The highest BCUT2D eigenvalue weighted by molar-refractivity contribution is 6.68. The maximum atomic E-state index is 12.5. The third kappa shape index (κ3) is 94.8. The van der Waals surface area contributed by atoms with Gasteiger partial charge in [-0.2, -0.15) is 30.7 Å². The summed E-state index contributed by atoms with van der Waals surface area (Å²) in [5.74, 6) is 3.13. The highest BCUT2D eigenvalue weighted by atomic mass is 35.6. The molecule has 838 valence electrons. The van der Waals surface area contributed by atoms with Crippen molar-refractivity contribution in [2.24, 2.45) is 99.1 Å². The summed E-state index contributed by atoms with van der Waals surface area (Å²) in [5, 5.41) is 0. The lowest BCUT2D eigenvalue weighted by atomic mass is 9.70. The number of methoxy groups -OCH3 is 2. The molecule has 2 saturated carbocycles. The van der Waals surface area contributed by atoms with E-state index < -0.39 is 39.7 Å². The van der Waals surface area contributed by atoms with Gasteiger partial charge >= 0.3 is 24.0 Å². The molecule has 0 saturated heterocycles. The molecule has 7 rings (SSSR count). The summed E-state index contributed by atoms with van der Waals surface area (Å²) in [6, 6.07) is 40.9. The predicted octanol–water partition coefficient (Wildman–Crippen LogP) is 45.8. The van der Waals surface area contributed by atoms with Gasteiger partial charge < -0.3 is 9.47 Å². The van der Waals surface area contributed by atoms with E-state index in [4.69, 9.17) is 46.0 Å². The van der Waals surface area contributed by atoms with Crippen LogP contribution in [0, 0.1) is 125 Å². The Bertz CT molecular complexity index is 3700. The van der Waals surface area contributed by atoms with Gasteiger partial charge in [-0.25, -0.2) is 4.79 Å². The number of benzene rings is 5. The number of hydrogen-bond donors (Lipinski definition) is 0. The number of allylic oxidation sites excluding steroid dienone is 1. The second-order valence-electron chi connectivity index (χ2n) is 48.7. The number of aryl methyl sites for hydroxylation is 2. The quantitative estimate of drug-likeness (QED) is 0.0288. The Kier molecular flexibility index (Phi) is 95.9. The third-order valence-electron chi connectivity index (χ3n) is 22.9. The fraction of sp³-hybridized carbons (Fsp3) is 0.727. The first-order chi connectivity index (χ1) is 62.8. The Labute approximate surface area is 894 Å². The maximum Gasteiger partial charge on any atom is 0.416 e. The van der Waals surface area contributed by atoms with Gasteiger partial charge in [0.2, 0.25) is 0 Å². The van der Waals surface area contributed by atoms with Crippen molar-refractivity contribution in [3.63, 3.8) is 0 Å². The number of ether oxygens (including phenoxy) is 2. The fourth-order valence-electron chi connectivity index (χ4n) is 12.4. The monoisotopic (exact) mass is 2070 g/mol. The van der Waals surface area contributed by atoms with Gasteiger partial charge in [0.1, 0.15) is 0 Å². The molecule has 1 atom stereocenters. The largest absolute Gasteiger partial charge is 0.465 e. The Morgan fingerprint density at radius 2 is 0.859 bits per heavy atom. The number of esters is 1. The highest BCUT2D eigenvalue weighted by Gasteiger charge is 2.72. The molecule has 1 unspecified atom stereocenters. The van der Waals surface area contributed by atoms with Crippen molar-refractivity contribution in [2.75, 3.05) is 27.5 Å². The van der Waals surface area contributed by atoms with Crippen LogP contribution in [-0.2, 0) is 31.9 Å². The van der Waals surface area contributed by atoms with Gasteiger partial charge in [-0.05, 0) is 208 Å². The van der Waals surface area contributed by atoms with Crippen molar-refractivity contribution >= 4 is 40.8 Å². The lowest BCUT2D eigenvalue weighted by molar-refractivity contribution is -0.322. The van der Waals surface area contributed by atoms with Crippen LogP contribution in [0.3, 0.4) is 0 Å². The van der Waals surface area contributed by atoms with Crippen molar-refractivity contribution in [1.29, 1.82) is 0 Å². The van der Waals surface area contributed by atoms with Gasteiger partial charge in [0.05, 0.1) is 24.9 Å². The molecule has 0 N–H and O–H groups in total. The molecule has 5 aromatic carbocycles. The first kappa shape index (κ1) is 162. The molecule has 0 heterocycles. The van der Waals surface area contributed by atoms with Crippen LogP contribution in [0.2, 0.25) is 0 Å². The van der Waals surface area contributed by atoms with Crippen molar-refractivity contribution in [3.8, 4) is 12.3 Å². The van der Waals surface area contributed by atoms with E-state index in [-0.39, 0.29) is 63.0 Å². The van der Waals surface area contributed by atoms with Crippen LogP contribution in [0.5, 0.6) is 0 Å². The van der Waals surface area contributed by atoms with E-state index in [1.54, 1.807) is 25.3 Å². The standard InChI is InChI=1S/C12H16O2.C11H16.C10H11F3.2C10H14.C8H16.C8H18.C7H13Cl3.C7H10F4.2C7H16.C6H14O.C6H14.C6H12.C5H11F.C5H8.3CH4/c1-12(2,3)10-7-5-9(6-8-10)11(13)14-4;1-9-5-7-10(8-6-9)11(2,3)4;1-7(2)8-4-3-5-9(6-8)10(11,12)13;1-8(2)10-6-4-5-9(3)7-10;1-10(2,3)9-7-5-4-6-8-9;1-7(2)8-5-3-4-6-8;1-7(2)6-8(3,4)5;1-5(2)6(3,4)7(8,9)10;1-4(2)5-3-6(8,9)7(5,10)11;1-6(2)5-7(3)4;1-5-6-7(2,3)4;1-6(2)4-5-7-3;1-5(2)6(3)4;1-4-5-6(2)3;1-5(2)3-4-6;1-4-5(2)3;;;/h5-8H,1-4H3;5-8H,1-4H3;3-7H,1-2H3;2*4-8H,1-3H3;7-8H,3-6H2,1-2H3;7H,6H2,1-5H3;5H,1-4H3;4-5H,3H2,1-2H3;6-7H,5H2,1-4H3;5-6H2,1-4H3;6H,4-5H2,1-3H3;5-6H,1-4H3;4,6H,1,5H2,2-3H3;5H,3-4H2,1-2H3;1,5H,2-3H3;3*1H4. The summed E-state index contributed by atoms with van der Waals surface area (Å²) in [5.41, 5.74) is 10.4. The summed E-state index contributed by atoms with van der Waals surface area (Å²) in [6.07, 6.45) is 16.3. The molecular weight excluding hydrogens is 1840 g/mol. The van der Waals surface area contributed by atoms with Crippen LogP contribution in [0.1, 0.15) is 485 Å². The van der Waals surface area contributed by atoms with E-state index in [0.717, 1.165) is 77.9 Å². The smallest absolute Gasteiger partial charge is 0.416 e. The Hall–Kier alpha value is -4.86. The van der Waals surface area contributed by atoms with Crippen molar-refractivity contribution in [3.05, 3.63) is 190 Å². The lowest BCUT2D eigenvalue weighted by Crippen LogP contribution is -2.60. The Balaban J connectivity index is -0.000000128. The predicted molar refractivity (Wildman–Crippen MR) is 628 cm³/mol. The average Bonchev–Trinajstić information content (AvgIpc) is 0.737. The zero-order valence-electron chi connectivity index (χ0n) is 99.0. The summed E-state index contributed by atoms with van der Waals surface area (Å²) in [4.78, 5) is 11.2. The van der Waals surface area contributed by atoms with E-state index in [9.17, 15) is 39.9 Å². The lowest BCUT2D eigenvalue weighted by Gasteiger charge is -2.45. The minimum absolute atomic E-state index is 0. The van der Waals surface area contributed by atoms with E-state index >= 15 is 0 Å². The number of terminal acetylenes is 1. The van der Waals surface area contributed by atoms with Crippen LogP contribution >= 0.6 is 34.8 Å². The van der Waals surface area contributed by atoms with Gasteiger partial charge in [0.15, 0.2) is 3.79 Å². The summed E-state index contributed by atoms with van der Waals surface area (Å²) < 4.78 is 106. The molecule has 0 bridgehead atoms. The number of carbonyl (C=O) groups excluding carboxylic acids is 1. The number of halogens is 11.